The van der Waals surface area contributed by atoms with Crippen molar-refractivity contribution in [2.24, 2.45) is 4.99 Å². The van der Waals surface area contributed by atoms with Crippen molar-refractivity contribution < 1.29 is 4.39 Å². The molecule has 34 heavy (non-hydrogen) atoms. The van der Waals surface area contributed by atoms with Gasteiger partial charge < -0.3 is 9.88 Å². The molecule has 0 spiro atoms. The third-order valence-corrected chi connectivity index (χ3v) is 5.36. The Kier molecular flexibility index (Phi) is 5.48. The monoisotopic (exact) mass is 448 g/mol. The fourth-order valence-electron chi connectivity index (χ4n) is 3.92. The minimum atomic E-state index is -0.294. The SMILES string of the molecule is CC(C)/N=c1\cc2n(-c3ccc(F)cc3)c3ccccc3nc-2cc1Nc1ncccc1C#N. The first-order valence-corrected chi connectivity index (χ1v) is 10.9. The zero-order valence-electron chi connectivity index (χ0n) is 18.7. The summed E-state index contributed by atoms with van der Waals surface area (Å²) < 4.78 is 15.7. The van der Waals surface area contributed by atoms with Gasteiger partial charge >= 0.3 is 0 Å². The lowest BCUT2D eigenvalue weighted by molar-refractivity contribution is 0.627. The lowest BCUT2D eigenvalue weighted by Crippen LogP contribution is -2.17. The maximum absolute atomic E-state index is 13.7. The van der Waals surface area contributed by atoms with E-state index < -0.39 is 0 Å². The molecule has 1 aliphatic carbocycles. The van der Waals surface area contributed by atoms with Crippen molar-refractivity contribution in [2.45, 2.75) is 19.9 Å². The molecule has 2 aromatic carbocycles. The normalized spacial score (nSPS) is 11.8. The summed E-state index contributed by atoms with van der Waals surface area (Å²) in [5.41, 5.74) is 5.21. The molecule has 2 heterocycles. The second-order valence-corrected chi connectivity index (χ2v) is 8.13. The van der Waals surface area contributed by atoms with E-state index in [9.17, 15) is 9.65 Å². The van der Waals surface area contributed by atoms with Crippen molar-refractivity contribution in [3.63, 3.8) is 0 Å². The molecule has 0 saturated carbocycles. The van der Waals surface area contributed by atoms with Gasteiger partial charge in [0.05, 0.1) is 39.0 Å². The van der Waals surface area contributed by atoms with Gasteiger partial charge in [-0.15, -0.1) is 0 Å². The Labute approximate surface area is 196 Å². The van der Waals surface area contributed by atoms with E-state index in [1.807, 2.05) is 50.2 Å². The fourth-order valence-corrected chi connectivity index (χ4v) is 3.92. The summed E-state index contributed by atoms with van der Waals surface area (Å²) in [4.78, 5) is 14.0. The number of benzene rings is 3. The Morgan fingerprint density at radius 1 is 1.03 bits per heavy atom. The van der Waals surface area contributed by atoms with Gasteiger partial charge in [0.15, 0.2) is 0 Å². The van der Waals surface area contributed by atoms with Crippen LogP contribution >= 0.6 is 0 Å². The number of hydrogen-bond acceptors (Lipinski definition) is 5. The van der Waals surface area contributed by atoms with Crippen molar-refractivity contribution >= 4 is 22.5 Å². The molecular formula is C27H21FN6. The summed E-state index contributed by atoms with van der Waals surface area (Å²) in [7, 11) is 0. The number of aromatic nitrogens is 3. The Morgan fingerprint density at radius 2 is 1.82 bits per heavy atom. The Morgan fingerprint density at radius 3 is 2.59 bits per heavy atom. The molecule has 1 N–H and O–H groups in total. The molecule has 5 rings (SSSR count). The lowest BCUT2D eigenvalue weighted by Gasteiger charge is -2.20. The average molecular weight is 449 g/mol. The maximum atomic E-state index is 13.7. The first-order valence-electron chi connectivity index (χ1n) is 10.9. The number of nitrogens with one attached hydrogen (secondary N) is 1. The van der Waals surface area contributed by atoms with Crippen LogP contribution in [0.3, 0.4) is 0 Å². The van der Waals surface area contributed by atoms with Crippen LogP contribution in [0.25, 0.3) is 28.1 Å². The highest BCUT2D eigenvalue weighted by molar-refractivity contribution is 5.84. The molecule has 2 aliphatic rings. The molecule has 0 amide bonds. The standard InChI is InChI=1S/C27H21FN6/c1-17(2)31-23-15-26-24(14-22(23)33-27-18(16-29)6-5-13-30-27)32-21-7-3-4-8-25(21)34(26)20-11-9-19(28)10-12-20/h3-15,17H,1-2H3,(H,30,33)/b31-23+. The third-order valence-electron chi connectivity index (χ3n) is 5.36. The van der Waals surface area contributed by atoms with Crippen LogP contribution < -0.4 is 10.7 Å². The predicted molar refractivity (Wildman–Crippen MR) is 131 cm³/mol. The number of nitrogens with zero attached hydrogens (tertiary/aromatic N) is 5. The smallest absolute Gasteiger partial charge is 0.148 e. The number of halogens is 1. The Balaban J connectivity index is 1.82. The van der Waals surface area contributed by atoms with Crippen LogP contribution in [0.2, 0.25) is 0 Å². The molecule has 0 bridgehead atoms. The number of para-hydroxylation sites is 2. The molecule has 3 aromatic rings. The van der Waals surface area contributed by atoms with Gasteiger partial charge in [-0.2, -0.15) is 5.26 Å². The summed E-state index contributed by atoms with van der Waals surface area (Å²) >= 11 is 0. The van der Waals surface area contributed by atoms with Crippen LogP contribution in [0.15, 0.2) is 84.0 Å². The molecule has 166 valence electrons. The Bertz CT molecular complexity index is 1580. The molecular weight excluding hydrogens is 427 g/mol. The van der Waals surface area contributed by atoms with E-state index in [1.165, 1.54) is 12.1 Å². The Hall–Kier alpha value is -4.57. The summed E-state index contributed by atoms with van der Waals surface area (Å²) in [6.07, 6.45) is 1.64. The van der Waals surface area contributed by atoms with Crippen LogP contribution in [-0.2, 0) is 0 Å². The molecule has 1 aliphatic heterocycles. The molecule has 7 heteroatoms. The number of fused-ring (bicyclic) bond motifs is 2. The maximum Gasteiger partial charge on any atom is 0.148 e. The predicted octanol–water partition coefficient (Wildman–Crippen LogP) is 5.59. The fraction of sp³-hybridized carbons (Fsp3) is 0.111. The molecule has 0 radical (unpaired) electrons. The molecule has 0 atom stereocenters. The van der Waals surface area contributed by atoms with Gasteiger partial charge in [0.1, 0.15) is 17.7 Å². The van der Waals surface area contributed by atoms with Gasteiger partial charge in [-0.05, 0) is 74.5 Å². The quantitative estimate of drug-likeness (QED) is 0.364. The molecule has 0 unspecified atom stereocenters. The zero-order valence-corrected chi connectivity index (χ0v) is 18.7. The first-order chi connectivity index (χ1) is 16.5. The van der Waals surface area contributed by atoms with E-state index in [-0.39, 0.29) is 11.9 Å². The van der Waals surface area contributed by atoms with Gasteiger partial charge in [-0.1, -0.05) is 12.1 Å². The second kappa shape index (κ2) is 8.75. The molecule has 0 fully saturated rings. The van der Waals surface area contributed by atoms with Crippen LogP contribution in [-0.4, -0.2) is 20.6 Å². The van der Waals surface area contributed by atoms with Crippen molar-refractivity contribution in [2.75, 3.05) is 5.32 Å². The number of rotatable bonds is 4. The number of anilines is 2. The average Bonchev–Trinajstić information content (AvgIpc) is 2.84. The molecule has 6 nitrogen and oxygen atoms in total. The van der Waals surface area contributed by atoms with Gasteiger partial charge in [0.25, 0.3) is 0 Å². The summed E-state index contributed by atoms with van der Waals surface area (Å²) in [5, 5.41) is 13.5. The van der Waals surface area contributed by atoms with Gasteiger partial charge in [0.2, 0.25) is 0 Å². The number of pyridine rings is 1. The van der Waals surface area contributed by atoms with Crippen molar-refractivity contribution in [1.29, 1.82) is 5.26 Å². The number of hydrogen-bond donors (Lipinski definition) is 1. The largest absolute Gasteiger partial charge is 0.337 e. The van der Waals surface area contributed by atoms with E-state index >= 15 is 0 Å². The topological polar surface area (TPSA) is 78.9 Å². The van der Waals surface area contributed by atoms with Crippen molar-refractivity contribution in [3.8, 4) is 23.1 Å². The highest BCUT2D eigenvalue weighted by Crippen LogP contribution is 2.30. The van der Waals surface area contributed by atoms with Crippen LogP contribution in [0.1, 0.15) is 19.4 Å². The van der Waals surface area contributed by atoms with E-state index in [1.54, 1.807) is 30.5 Å². The van der Waals surface area contributed by atoms with E-state index in [0.717, 1.165) is 28.1 Å². The van der Waals surface area contributed by atoms with Crippen molar-refractivity contribution in [1.82, 2.24) is 14.5 Å². The van der Waals surface area contributed by atoms with Gasteiger partial charge in [-0.25, -0.2) is 14.4 Å². The minimum absolute atomic E-state index is 0.0323. The van der Waals surface area contributed by atoms with Gasteiger partial charge in [0, 0.05) is 17.9 Å². The molecule has 1 aromatic heterocycles. The first kappa shape index (κ1) is 21.3. The third kappa shape index (κ3) is 3.97. The van der Waals surface area contributed by atoms with E-state index in [4.69, 9.17) is 9.98 Å². The van der Waals surface area contributed by atoms with Gasteiger partial charge in [-0.3, -0.25) is 4.99 Å². The van der Waals surface area contributed by atoms with Crippen LogP contribution in [0.4, 0.5) is 15.9 Å². The highest BCUT2D eigenvalue weighted by Gasteiger charge is 2.17. The molecule has 0 saturated heterocycles. The lowest BCUT2D eigenvalue weighted by atomic mass is 10.1. The zero-order chi connectivity index (χ0) is 23.7. The van der Waals surface area contributed by atoms with Crippen molar-refractivity contribution in [3.05, 3.63) is 95.7 Å². The van der Waals surface area contributed by atoms with Crippen LogP contribution in [0.5, 0.6) is 0 Å². The number of nitriles is 1. The summed E-state index contributed by atoms with van der Waals surface area (Å²) in [6.45, 7) is 4.00. The summed E-state index contributed by atoms with van der Waals surface area (Å²) in [5.74, 6) is 0.161. The second-order valence-electron chi connectivity index (χ2n) is 8.13. The van der Waals surface area contributed by atoms with E-state index in [2.05, 4.69) is 20.9 Å². The summed E-state index contributed by atoms with van der Waals surface area (Å²) in [6, 6.07) is 23.7. The minimum Gasteiger partial charge on any atom is -0.337 e. The van der Waals surface area contributed by atoms with Crippen LogP contribution in [0, 0.1) is 17.1 Å². The highest BCUT2D eigenvalue weighted by atomic mass is 19.1. The van der Waals surface area contributed by atoms with E-state index in [0.29, 0.717) is 22.4 Å².